The molecule has 0 spiro atoms. The summed E-state index contributed by atoms with van der Waals surface area (Å²) in [6.07, 6.45) is 0. The van der Waals surface area contributed by atoms with Crippen molar-refractivity contribution in [2.75, 3.05) is 18.9 Å². The van der Waals surface area contributed by atoms with Crippen LogP contribution in [0.15, 0.2) is 72.8 Å². The van der Waals surface area contributed by atoms with Crippen LogP contribution in [0.3, 0.4) is 0 Å². The molecule has 3 aromatic carbocycles. The Kier molecular flexibility index (Phi) is 5.70. The molecule has 0 radical (unpaired) electrons. The topological polar surface area (TPSA) is 80.1 Å². The van der Waals surface area contributed by atoms with Gasteiger partial charge in [0, 0.05) is 18.3 Å². The predicted molar refractivity (Wildman–Crippen MR) is 115 cm³/mol. The summed E-state index contributed by atoms with van der Waals surface area (Å²) in [5, 5.41) is 10.9. The van der Waals surface area contributed by atoms with Gasteiger partial charge < -0.3 is 10.2 Å². The molecule has 0 unspecified atom stereocenters. The molecule has 0 atom stereocenters. The van der Waals surface area contributed by atoms with Crippen molar-refractivity contribution in [3.05, 3.63) is 89.7 Å². The molecule has 1 heterocycles. The van der Waals surface area contributed by atoms with Gasteiger partial charge in [0.1, 0.15) is 11.3 Å². The Bertz CT molecular complexity index is 1240. The minimum atomic E-state index is -0.443. The monoisotopic (exact) mass is 417 g/mol. The maximum atomic E-state index is 13.2. The van der Waals surface area contributed by atoms with Crippen molar-refractivity contribution in [2.24, 2.45) is 0 Å². The normalized spacial score (nSPS) is 10.8. The van der Waals surface area contributed by atoms with Gasteiger partial charge >= 0.3 is 0 Å². The zero-order valence-electron chi connectivity index (χ0n) is 16.8. The number of aromatic nitrogens is 3. The molecular weight excluding hydrogens is 397 g/mol. The number of hydrogen-bond donors (Lipinski definition) is 1. The fraction of sp³-hybridized carbons (Fsp3) is 0.130. The summed E-state index contributed by atoms with van der Waals surface area (Å²) in [5.41, 5.74) is 3.54. The number of anilines is 1. The average Bonchev–Trinajstić information content (AvgIpc) is 3.16. The second-order valence-corrected chi connectivity index (χ2v) is 7.15. The van der Waals surface area contributed by atoms with E-state index in [1.807, 2.05) is 36.4 Å². The van der Waals surface area contributed by atoms with Crippen molar-refractivity contribution >= 4 is 28.5 Å². The van der Waals surface area contributed by atoms with Crippen molar-refractivity contribution in [1.82, 2.24) is 19.9 Å². The highest BCUT2D eigenvalue weighted by molar-refractivity contribution is 5.99. The van der Waals surface area contributed by atoms with Crippen LogP contribution >= 0.6 is 0 Å². The zero-order chi connectivity index (χ0) is 21.8. The van der Waals surface area contributed by atoms with Gasteiger partial charge in [-0.1, -0.05) is 35.5 Å². The molecular formula is C23H20FN5O2. The van der Waals surface area contributed by atoms with Crippen LogP contribution < -0.4 is 5.32 Å². The van der Waals surface area contributed by atoms with E-state index in [1.165, 1.54) is 23.1 Å². The van der Waals surface area contributed by atoms with Crippen LogP contribution in [-0.2, 0) is 11.3 Å². The third-order valence-corrected chi connectivity index (χ3v) is 4.79. The molecule has 0 fully saturated rings. The Balaban J connectivity index is 1.37. The van der Waals surface area contributed by atoms with E-state index in [2.05, 4.69) is 15.6 Å². The SMILES string of the molecule is CN(CC(=O)Nc1cccc(F)c1)C(=O)c1ccc(Cn2nnc3ccccc32)cc1. The standard InChI is InChI=1S/C23H20FN5O2/c1-28(15-22(30)25-19-6-4-5-18(24)13-19)23(31)17-11-9-16(10-12-17)14-29-21-8-3-2-7-20(21)26-27-29/h2-13H,14-15H2,1H3,(H,25,30). The summed E-state index contributed by atoms with van der Waals surface area (Å²) in [5.74, 6) is -1.13. The van der Waals surface area contributed by atoms with Gasteiger partial charge in [-0.3, -0.25) is 9.59 Å². The highest BCUT2D eigenvalue weighted by Crippen LogP contribution is 2.14. The predicted octanol–water partition coefficient (Wildman–Crippen LogP) is 3.33. The molecule has 31 heavy (non-hydrogen) atoms. The molecule has 8 heteroatoms. The van der Waals surface area contributed by atoms with E-state index < -0.39 is 11.7 Å². The van der Waals surface area contributed by atoms with Gasteiger partial charge in [-0.25, -0.2) is 9.07 Å². The van der Waals surface area contributed by atoms with E-state index in [9.17, 15) is 14.0 Å². The number of para-hydroxylation sites is 1. The van der Waals surface area contributed by atoms with Crippen molar-refractivity contribution < 1.29 is 14.0 Å². The lowest BCUT2D eigenvalue weighted by molar-refractivity contribution is -0.116. The van der Waals surface area contributed by atoms with Crippen molar-refractivity contribution in [2.45, 2.75) is 6.54 Å². The number of nitrogens with one attached hydrogen (secondary N) is 1. The lowest BCUT2D eigenvalue weighted by Crippen LogP contribution is -2.34. The number of carbonyl (C=O) groups is 2. The van der Waals surface area contributed by atoms with Crippen LogP contribution in [-0.4, -0.2) is 45.3 Å². The van der Waals surface area contributed by atoms with E-state index >= 15 is 0 Å². The van der Waals surface area contributed by atoms with Gasteiger partial charge in [-0.2, -0.15) is 0 Å². The number of hydrogen-bond acceptors (Lipinski definition) is 4. The van der Waals surface area contributed by atoms with Gasteiger partial charge in [0.25, 0.3) is 5.91 Å². The molecule has 0 aliphatic carbocycles. The number of nitrogens with zero attached hydrogens (tertiary/aromatic N) is 4. The van der Waals surface area contributed by atoms with Crippen LogP contribution in [0, 0.1) is 5.82 Å². The zero-order valence-corrected chi connectivity index (χ0v) is 16.8. The highest BCUT2D eigenvalue weighted by atomic mass is 19.1. The third kappa shape index (κ3) is 4.75. The fourth-order valence-electron chi connectivity index (χ4n) is 3.23. The van der Waals surface area contributed by atoms with Gasteiger partial charge in [0.2, 0.25) is 5.91 Å². The van der Waals surface area contributed by atoms with E-state index in [0.717, 1.165) is 16.6 Å². The van der Waals surface area contributed by atoms with Crippen LogP contribution in [0.25, 0.3) is 11.0 Å². The van der Waals surface area contributed by atoms with E-state index in [0.29, 0.717) is 17.8 Å². The third-order valence-electron chi connectivity index (χ3n) is 4.79. The lowest BCUT2D eigenvalue weighted by atomic mass is 10.1. The summed E-state index contributed by atoms with van der Waals surface area (Å²) in [6.45, 7) is 0.378. The van der Waals surface area contributed by atoms with Gasteiger partial charge in [0.05, 0.1) is 18.6 Å². The first kappa shape index (κ1) is 20.2. The molecule has 7 nitrogen and oxygen atoms in total. The van der Waals surface area contributed by atoms with E-state index in [-0.39, 0.29) is 12.5 Å². The number of likely N-dealkylation sites (N-methyl/N-ethyl adjacent to an activating group) is 1. The molecule has 4 rings (SSSR count). The van der Waals surface area contributed by atoms with Crippen molar-refractivity contribution in [1.29, 1.82) is 0 Å². The van der Waals surface area contributed by atoms with Gasteiger partial charge in [-0.15, -0.1) is 5.10 Å². The number of halogens is 1. The van der Waals surface area contributed by atoms with Crippen LogP contribution in [0.4, 0.5) is 10.1 Å². The maximum Gasteiger partial charge on any atom is 0.254 e. The summed E-state index contributed by atoms with van der Waals surface area (Å²) in [6, 6.07) is 20.4. The summed E-state index contributed by atoms with van der Waals surface area (Å²) in [7, 11) is 1.54. The maximum absolute atomic E-state index is 13.2. The molecule has 156 valence electrons. The number of benzene rings is 3. The molecule has 0 aliphatic heterocycles. The molecule has 0 saturated carbocycles. The minimum Gasteiger partial charge on any atom is -0.332 e. The summed E-state index contributed by atoms with van der Waals surface area (Å²) < 4.78 is 15.0. The Morgan fingerprint density at radius 2 is 1.81 bits per heavy atom. The smallest absolute Gasteiger partial charge is 0.254 e. The van der Waals surface area contributed by atoms with Crippen LogP contribution in [0.1, 0.15) is 15.9 Å². The lowest BCUT2D eigenvalue weighted by Gasteiger charge is -2.17. The molecule has 0 saturated heterocycles. The summed E-state index contributed by atoms with van der Waals surface area (Å²) in [4.78, 5) is 26.1. The average molecular weight is 417 g/mol. The molecule has 0 bridgehead atoms. The van der Waals surface area contributed by atoms with Crippen LogP contribution in [0.2, 0.25) is 0 Å². The molecule has 4 aromatic rings. The fourth-order valence-corrected chi connectivity index (χ4v) is 3.23. The van der Waals surface area contributed by atoms with Gasteiger partial charge in [0.15, 0.2) is 0 Å². The van der Waals surface area contributed by atoms with Crippen LogP contribution in [0.5, 0.6) is 0 Å². The van der Waals surface area contributed by atoms with E-state index in [1.54, 1.807) is 29.9 Å². The molecule has 0 aliphatic rings. The quantitative estimate of drug-likeness (QED) is 0.522. The number of amides is 2. The van der Waals surface area contributed by atoms with Gasteiger partial charge in [-0.05, 0) is 48.0 Å². The highest BCUT2D eigenvalue weighted by Gasteiger charge is 2.15. The molecule has 2 amide bonds. The Hall–Kier alpha value is -4.07. The largest absolute Gasteiger partial charge is 0.332 e. The number of fused-ring (bicyclic) bond motifs is 1. The Morgan fingerprint density at radius 1 is 1.03 bits per heavy atom. The first-order valence-electron chi connectivity index (χ1n) is 9.67. The second-order valence-electron chi connectivity index (χ2n) is 7.15. The van der Waals surface area contributed by atoms with Crippen molar-refractivity contribution in [3.63, 3.8) is 0 Å². The Labute approximate surface area is 178 Å². The summed E-state index contributed by atoms with van der Waals surface area (Å²) >= 11 is 0. The minimum absolute atomic E-state index is 0.151. The molecule has 1 N–H and O–H groups in total. The molecule has 1 aromatic heterocycles. The van der Waals surface area contributed by atoms with Crippen molar-refractivity contribution in [3.8, 4) is 0 Å². The Morgan fingerprint density at radius 3 is 2.58 bits per heavy atom. The van der Waals surface area contributed by atoms with E-state index in [4.69, 9.17) is 0 Å². The number of rotatable bonds is 6. The number of carbonyl (C=O) groups excluding carboxylic acids is 2. The first-order chi connectivity index (χ1) is 15.0. The second kappa shape index (κ2) is 8.74. The first-order valence-corrected chi connectivity index (χ1v) is 9.67.